The lowest BCUT2D eigenvalue weighted by Crippen LogP contribution is -2.46. The number of carbonyl (C=O) groups is 1. The topological polar surface area (TPSA) is 68.6 Å². The van der Waals surface area contributed by atoms with Gasteiger partial charge in [-0.15, -0.1) is 0 Å². The lowest BCUT2D eigenvalue weighted by atomic mass is 10.1. The van der Waals surface area contributed by atoms with Gasteiger partial charge in [0.25, 0.3) is 0 Å². The van der Waals surface area contributed by atoms with E-state index in [9.17, 15) is 4.79 Å². The van der Waals surface area contributed by atoms with Crippen LogP contribution in [0, 0.1) is 0 Å². The monoisotopic (exact) mass is 450 g/mol. The SMILES string of the molecule is CC[C@H](C)N(Cc1c(-c2ccccc2)nn(C)c1Oc1ccc(OC)cc1)C(=O)NC(C)C. The maximum Gasteiger partial charge on any atom is 0.318 e. The molecule has 0 spiro atoms. The van der Waals surface area contributed by atoms with Crippen LogP contribution >= 0.6 is 0 Å². The predicted octanol–water partition coefficient (Wildman–Crippen LogP) is 5.61. The van der Waals surface area contributed by atoms with Crippen LogP contribution in [0.3, 0.4) is 0 Å². The molecule has 0 unspecified atom stereocenters. The number of hydrogen-bond acceptors (Lipinski definition) is 4. The molecule has 1 aromatic heterocycles. The Kier molecular flexibility index (Phi) is 7.98. The van der Waals surface area contributed by atoms with Gasteiger partial charge in [-0.05, 0) is 51.5 Å². The Morgan fingerprint density at radius 1 is 1.06 bits per heavy atom. The number of nitrogens with zero attached hydrogens (tertiary/aromatic N) is 3. The molecule has 0 aliphatic rings. The van der Waals surface area contributed by atoms with Crippen molar-refractivity contribution in [3.63, 3.8) is 0 Å². The zero-order chi connectivity index (χ0) is 24.0. The van der Waals surface area contributed by atoms with Crippen molar-refractivity contribution < 1.29 is 14.3 Å². The second-order valence-electron chi connectivity index (χ2n) is 8.39. The van der Waals surface area contributed by atoms with Gasteiger partial charge < -0.3 is 19.7 Å². The van der Waals surface area contributed by atoms with Gasteiger partial charge in [-0.1, -0.05) is 37.3 Å². The van der Waals surface area contributed by atoms with Gasteiger partial charge in [-0.2, -0.15) is 5.10 Å². The molecule has 0 saturated carbocycles. The average molecular weight is 451 g/mol. The summed E-state index contributed by atoms with van der Waals surface area (Å²) in [7, 11) is 3.49. The third-order valence-corrected chi connectivity index (χ3v) is 5.53. The highest BCUT2D eigenvalue weighted by Crippen LogP contribution is 2.35. The van der Waals surface area contributed by atoms with Crippen molar-refractivity contribution in [2.45, 2.75) is 52.7 Å². The fraction of sp³-hybridized carbons (Fsp3) is 0.385. The maximum atomic E-state index is 13.1. The molecular formula is C26H34N4O3. The molecule has 0 fully saturated rings. The summed E-state index contributed by atoms with van der Waals surface area (Å²) in [5.74, 6) is 2.02. The minimum atomic E-state index is -0.0994. The number of carbonyl (C=O) groups excluding carboxylic acids is 1. The van der Waals surface area contributed by atoms with Crippen LogP contribution in [0.2, 0.25) is 0 Å². The van der Waals surface area contributed by atoms with Crippen molar-refractivity contribution in [2.75, 3.05) is 7.11 Å². The van der Waals surface area contributed by atoms with Crippen LogP contribution in [0.15, 0.2) is 54.6 Å². The third kappa shape index (κ3) is 5.86. The second kappa shape index (κ2) is 10.9. The van der Waals surface area contributed by atoms with E-state index in [1.807, 2.05) is 80.4 Å². The molecular weight excluding hydrogens is 416 g/mol. The van der Waals surface area contributed by atoms with Crippen LogP contribution in [0.5, 0.6) is 17.4 Å². The van der Waals surface area contributed by atoms with E-state index in [-0.39, 0.29) is 18.1 Å². The molecule has 1 N–H and O–H groups in total. The fourth-order valence-electron chi connectivity index (χ4n) is 3.55. The molecule has 0 bridgehead atoms. The first-order valence-electron chi connectivity index (χ1n) is 11.3. The molecule has 2 aromatic carbocycles. The van der Waals surface area contributed by atoms with Gasteiger partial charge >= 0.3 is 6.03 Å². The van der Waals surface area contributed by atoms with Crippen LogP contribution < -0.4 is 14.8 Å². The molecule has 2 amide bonds. The summed E-state index contributed by atoms with van der Waals surface area (Å²) < 4.78 is 13.3. The third-order valence-electron chi connectivity index (χ3n) is 5.53. The number of nitrogens with one attached hydrogen (secondary N) is 1. The molecule has 0 radical (unpaired) electrons. The highest BCUT2D eigenvalue weighted by Gasteiger charge is 2.27. The normalized spacial score (nSPS) is 11.8. The first-order chi connectivity index (χ1) is 15.8. The summed E-state index contributed by atoms with van der Waals surface area (Å²) in [6.45, 7) is 8.44. The van der Waals surface area contributed by atoms with Gasteiger partial charge in [-0.3, -0.25) is 0 Å². The first-order valence-corrected chi connectivity index (χ1v) is 11.3. The molecule has 0 aliphatic heterocycles. The molecule has 33 heavy (non-hydrogen) atoms. The molecule has 176 valence electrons. The molecule has 0 aliphatic carbocycles. The molecule has 0 saturated heterocycles. The van der Waals surface area contributed by atoms with E-state index >= 15 is 0 Å². The molecule has 1 heterocycles. The van der Waals surface area contributed by atoms with E-state index in [4.69, 9.17) is 14.6 Å². The van der Waals surface area contributed by atoms with Gasteiger partial charge in [0, 0.05) is 24.7 Å². The molecule has 7 heteroatoms. The minimum Gasteiger partial charge on any atom is -0.497 e. The summed E-state index contributed by atoms with van der Waals surface area (Å²) in [5.41, 5.74) is 2.63. The van der Waals surface area contributed by atoms with Gasteiger partial charge in [0.15, 0.2) is 0 Å². The van der Waals surface area contributed by atoms with E-state index < -0.39 is 0 Å². The zero-order valence-corrected chi connectivity index (χ0v) is 20.3. The van der Waals surface area contributed by atoms with Crippen molar-refractivity contribution in [1.29, 1.82) is 0 Å². The van der Waals surface area contributed by atoms with Crippen molar-refractivity contribution in [3.8, 4) is 28.6 Å². The van der Waals surface area contributed by atoms with Crippen molar-refractivity contribution in [3.05, 3.63) is 60.2 Å². The highest BCUT2D eigenvalue weighted by atomic mass is 16.5. The van der Waals surface area contributed by atoms with Crippen LogP contribution in [-0.2, 0) is 13.6 Å². The summed E-state index contributed by atoms with van der Waals surface area (Å²) in [6.07, 6.45) is 0.834. The predicted molar refractivity (Wildman–Crippen MR) is 131 cm³/mol. The zero-order valence-electron chi connectivity index (χ0n) is 20.3. The fourth-order valence-corrected chi connectivity index (χ4v) is 3.55. The van der Waals surface area contributed by atoms with Crippen LogP contribution in [0.4, 0.5) is 4.79 Å². The lowest BCUT2D eigenvalue weighted by Gasteiger charge is -2.30. The van der Waals surface area contributed by atoms with E-state index in [1.54, 1.807) is 11.8 Å². The van der Waals surface area contributed by atoms with Crippen LogP contribution in [0.25, 0.3) is 11.3 Å². The summed E-state index contributed by atoms with van der Waals surface area (Å²) in [5, 5.41) is 7.81. The van der Waals surface area contributed by atoms with E-state index in [0.29, 0.717) is 18.2 Å². The van der Waals surface area contributed by atoms with E-state index in [1.165, 1.54) is 0 Å². The number of ether oxygens (including phenoxy) is 2. The lowest BCUT2D eigenvalue weighted by molar-refractivity contribution is 0.170. The molecule has 3 rings (SSSR count). The minimum absolute atomic E-state index is 0.0430. The summed E-state index contributed by atoms with van der Waals surface area (Å²) >= 11 is 0. The maximum absolute atomic E-state index is 13.1. The molecule has 1 atom stereocenters. The quantitative estimate of drug-likeness (QED) is 0.460. The van der Waals surface area contributed by atoms with Crippen LogP contribution in [-0.4, -0.2) is 39.9 Å². The van der Waals surface area contributed by atoms with Crippen molar-refractivity contribution in [1.82, 2.24) is 20.0 Å². The van der Waals surface area contributed by atoms with Crippen molar-refractivity contribution >= 4 is 6.03 Å². The Labute approximate surface area is 196 Å². The number of methoxy groups -OCH3 is 1. The van der Waals surface area contributed by atoms with E-state index in [0.717, 1.165) is 29.0 Å². The number of urea groups is 1. The largest absolute Gasteiger partial charge is 0.497 e. The van der Waals surface area contributed by atoms with Gasteiger partial charge in [-0.25, -0.2) is 9.48 Å². The molecule has 3 aromatic rings. The second-order valence-corrected chi connectivity index (χ2v) is 8.39. The number of aromatic nitrogens is 2. The van der Waals surface area contributed by atoms with Crippen molar-refractivity contribution in [2.24, 2.45) is 7.05 Å². The molecule has 7 nitrogen and oxygen atoms in total. The van der Waals surface area contributed by atoms with Gasteiger partial charge in [0.1, 0.15) is 17.2 Å². The number of amides is 2. The highest BCUT2D eigenvalue weighted by molar-refractivity contribution is 5.75. The van der Waals surface area contributed by atoms with E-state index in [2.05, 4.69) is 19.2 Å². The number of hydrogen-bond donors (Lipinski definition) is 1. The van der Waals surface area contributed by atoms with Gasteiger partial charge in [0.05, 0.1) is 19.2 Å². The van der Waals surface area contributed by atoms with Crippen LogP contribution in [0.1, 0.15) is 39.7 Å². The Morgan fingerprint density at radius 3 is 2.27 bits per heavy atom. The smallest absolute Gasteiger partial charge is 0.318 e. The summed E-state index contributed by atoms with van der Waals surface area (Å²) in [4.78, 5) is 14.9. The van der Waals surface area contributed by atoms with Gasteiger partial charge in [0.2, 0.25) is 5.88 Å². The Bertz CT molecular complexity index is 1050. The number of aryl methyl sites for hydroxylation is 1. The Morgan fingerprint density at radius 2 is 1.70 bits per heavy atom. The Balaban J connectivity index is 2.06. The number of rotatable bonds is 9. The summed E-state index contributed by atoms with van der Waals surface area (Å²) in [6, 6.07) is 17.4. The standard InChI is InChI=1S/C26H34N4O3/c1-7-19(4)30(26(31)27-18(2)3)17-23-24(20-11-9-8-10-12-20)28-29(5)25(23)33-22-15-13-21(32-6)14-16-22/h8-16,18-19H,7,17H2,1-6H3,(H,27,31)/t19-/m0/s1. The average Bonchev–Trinajstić information content (AvgIpc) is 3.12. The first kappa shape index (κ1) is 24.2. The number of benzene rings is 2. The Hall–Kier alpha value is -3.48.